The molecule has 0 unspecified atom stereocenters. The minimum Gasteiger partial charge on any atom is -0.497 e. The van der Waals surface area contributed by atoms with E-state index in [9.17, 15) is 4.79 Å². The van der Waals surface area contributed by atoms with Gasteiger partial charge in [0.1, 0.15) is 5.75 Å². The number of ether oxygens (including phenoxy) is 2. The summed E-state index contributed by atoms with van der Waals surface area (Å²) >= 11 is 5.85. The van der Waals surface area contributed by atoms with Crippen molar-refractivity contribution in [3.63, 3.8) is 0 Å². The van der Waals surface area contributed by atoms with Crippen LogP contribution in [-0.4, -0.2) is 20.2 Å². The molecule has 15 heavy (non-hydrogen) atoms. The smallest absolute Gasteiger partial charge is 0.337 e. The number of carbonyl (C=O) groups is 1. The maximum absolute atomic E-state index is 11.2. The predicted molar refractivity (Wildman–Crippen MR) is 59.1 cm³/mol. The van der Waals surface area contributed by atoms with Crippen molar-refractivity contribution >= 4 is 23.1 Å². The highest BCUT2D eigenvalue weighted by molar-refractivity contribution is 6.31. The molecule has 80 valence electrons. The van der Waals surface area contributed by atoms with E-state index in [1.165, 1.54) is 14.2 Å². The van der Waals surface area contributed by atoms with Crippen molar-refractivity contribution < 1.29 is 14.3 Å². The second-order valence-corrected chi connectivity index (χ2v) is 3.29. The molecule has 0 saturated heterocycles. The summed E-state index contributed by atoms with van der Waals surface area (Å²) in [6.07, 6.45) is 0. The van der Waals surface area contributed by atoms with Crippen LogP contribution in [0.1, 0.15) is 5.56 Å². The zero-order chi connectivity index (χ0) is 11.4. The van der Waals surface area contributed by atoms with E-state index in [1.807, 2.05) is 0 Å². The molecule has 0 aromatic heterocycles. The molecule has 0 heterocycles. The van der Waals surface area contributed by atoms with Crippen molar-refractivity contribution in [2.45, 2.75) is 0 Å². The molecule has 0 N–H and O–H groups in total. The Balaban J connectivity index is 3.09. The number of methoxy groups -OCH3 is 2. The number of hydrogen-bond acceptors (Lipinski definition) is 3. The second kappa shape index (κ2) is 4.84. The summed E-state index contributed by atoms with van der Waals surface area (Å²) in [5.41, 5.74) is 0.838. The zero-order valence-electron chi connectivity index (χ0n) is 8.54. The Morgan fingerprint density at radius 1 is 1.33 bits per heavy atom. The number of esters is 1. The number of carbonyl (C=O) groups excluding carboxylic acids is 1. The Bertz CT molecular complexity index is 399. The molecule has 3 nitrogen and oxygen atoms in total. The first-order valence-electron chi connectivity index (χ1n) is 4.20. The fraction of sp³-hybridized carbons (Fsp3) is 0.182. The highest BCUT2D eigenvalue weighted by atomic mass is 35.5. The molecule has 0 atom stereocenters. The molecule has 0 aliphatic rings. The quantitative estimate of drug-likeness (QED) is 0.587. The van der Waals surface area contributed by atoms with E-state index >= 15 is 0 Å². The molecule has 4 heteroatoms. The van der Waals surface area contributed by atoms with Crippen LogP contribution in [0.3, 0.4) is 0 Å². The molecule has 0 aliphatic heterocycles. The van der Waals surface area contributed by atoms with E-state index in [2.05, 4.69) is 11.3 Å². The third kappa shape index (κ3) is 2.73. The second-order valence-electron chi connectivity index (χ2n) is 2.85. The van der Waals surface area contributed by atoms with Gasteiger partial charge in [0.15, 0.2) is 0 Å². The molecular formula is C11H11ClO3. The van der Waals surface area contributed by atoms with Gasteiger partial charge in [-0.15, -0.1) is 0 Å². The molecule has 1 aromatic rings. The van der Waals surface area contributed by atoms with Crippen molar-refractivity contribution in [1.29, 1.82) is 0 Å². The lowest BCUT2D eigenvalue weighted by atomic mass is 10.1. The molecule has 0 saturated carbocycles. The lowest BCUT2D eigenvalue weighted by molar-refractivity contribution is -0.133. The van der Waals surface area contributed by atoms with E-state index in [0.717, 1.165) is 0 Å². The van der Waals surface area contributed by atoms with E-state index in [1.54, 1.807) is 18.2 Å². The van der Waals surface area contributed by atoms with Crippen LogP contribution in [0.4, 0.5) is 0 Å². The van der Waals surface area contributed by atoms with Gasteiger partial charge in [-0.25, -0.2) is 4.79 Å². The molecule has 0 amide bonds. The first-order valence-corrected chi connectivity index (χ1v) is 4.58. The highest BCUT2D eigenvalue weighted by Gasteiger charge is 2.11. The summed E-state index contributed by atoms with van der Waals surface area (Å²) in [5, 5.41) is 0.481. The number of benzene rings is 1. The first-order chi connectivity index (χ1) is 7.08. The van der Waals surface area contributed by atoms with Gasteiger partial charge in [-0.05, 0) is 23.8 Å². The topological polar surface area (TPSA) is 35.5 Å². The number of hydrogen-bond donors (Lipinski definition) is 0. The minimum absolute atomic E-state index is 0.248. The fourth-order valence-corrected chi connectivity index (χ4v) is 1.32. The normalized spacial score (nSPS) is 9.53. The average Bonchev–Trinajstić information content (AvgIpc) is 2.26. The van der Waals surface area contributed by atoms with Crippen LogP contribution in [-0.2, 0) is 9.53 Å². The summed E-state index contributed by atoms with van der Waals surface area (Å²) in [4.78, 5) is 11.2. The SMILES string of the molecule is C=C(C(=O)OC)c1cc(Cl)cc(OC)c1. The van der Waals surface area contributed by atoms with Gasteiger partial charge in [-0.1, -0.05) is 18.2 Å². The van der Waals surface area contributed by atoms with Crippen LogP contribution in [0.5, 0.6) is 5.75 Å². The largest absolute Gasteiger partial charge is 0.497 e. The van der Waals surface area contributed by atoms with Crippen LogP contribution >= 0.6 is 11.6 Å². The summed E-state index contributed by atoms with van der Waals surface area (Å²) in [6.45, 7) is 3.62. The number of rotatable bonds is 3. The first kappa shape index (κ1) is 11.6. The third-order valence-corrected chi connectivity index (χ3v) is 2.11. The molecule has 1 rings (SSSR count). The minimum atomic E-state index is -0.487. The number of halogens is 1. The zero-order valence-corrected chi connectivity index (χ0v) is 9.30. The Kier molecular flexibility index (Phi) is 3.74. The van der Waals surface area contributed by atoms with Gasteiger partial charge in [-0.3, -0.25) is 0 Å². The van der Waals surface area contributed by atoms with E-state index in [0.29, 0.717) is 16.3 Å². The van der Waals surface area contributed by atoms with Crippen LogP contribution in [0.15, 0.2) is 24.8 Å². The molecule has 0 aliphatic carbocycles. The fourth-order valence-electron chi connectivity index (χ4n) is 1.10. The molecule has 0 spiro atoms. The van der Waals surface area contributed by atoms with Crippen molar-refractivity contribution in [3.8, 4) is 5.75 Å². The van der Waals surface area contributed by atoms with Gasteiger partial charge in [0.2, 0.25) is 0 Å². The summed E-state index contributed by atoms with van der Waals surface area (Å²) in [7, 11) is 2.83. The predicted octanol–water partition coefficient (Wildman–Crippen LogP) is 2.53. The maximum atomic E-state index is 11.2. The van der Waals surface area contributed by atoms with Crippen molar-refractivity contribution in [3.05, 3.63) is 35.4 Å². The van der Waals surface area contributed by atoms with Crippen LogP contribution in [0, 0.1) is 0 Å². The van der Waals surface area contributed by atoms with Crippen molar-refractivity contribution in [2.75, 3.05) is 14.2 Å². The van der Waals surface area contributed by atoms with E-state index in [4.69, 9.17) is 16.3 Å². The summed E-state index contributed by atoms with van der Waals surface area (Å²) < 4.78 is 9.58. The molecule has 0 radical (unpaired) electrons. The Hall–Kier alpha value is -1.48. The summed E-state index contributed by atoms with van der Waals surface area (Å²) in [5.74, 6) is 0.0851. The Morgan fingerprint density at radius 3 is 2.53 bits per heavy atom. The Labute approximate surface area is 93.3 Å². The molecule has 0 bridgehead atoms. The standard InChI is InChI=1S/C11H11ClO3/c1-7(11(13)15-3)8-4-9(12)6-10(5-8)14-2/h4-6H,1H2,2-3H3. The van der Waals surface area contributed by atoms with E-state index in [-0.39, 0.29) is 5.57 Å². The van der Waals surface area contributed by atoms with Crippen molar-refractivity contribution in [1.82, 2.24) is 0 Å². The van der Waals surface area contributed by atoms with Crippen molar-refractivity contribution in [2.24, 2.45) is 0 Å². The molecule has 0 fully saturated rings. The molecule has 1 aromatic carbocycles. The molecular weight excluding hydrogens is 216 g/mol. The average molecular weight is 227 g/mol. The van der Waals surface area contributed by atoms with Gasteiger partial charge >= 0.3 is 5.97 Å². The van der Waals surface area contributed by atoms with Gasteiger partial charge in [0.25, 0.3) is 0 Å². The highest BCUT2D eigenvalue weighted by Crippen LogP contribution is 2.25. The van der Waals surface area contributed by atoms with Crippen LogP contribution < -0.4 is 4.74 Å². The Morgan fingerprint density at radius 2 is 2.00 bits per heavy atom. The van der Waals surface area contributed by atoms with Gasteiger partial charge in [0, 0.05) is 5.02 Å². The van der Waals surface area contributed by atoms with E-state index < -0.39 is 5.97 Å². The maximum Gasteiger partial charge on any atom is 0.337 e. The van der Waals surface area contributed by atoms with Gasteiger partial charge in [-0.2, -0.15) is 0 Å². The van der Waals surface area contributed by atoms with Crippen LogP contribution in [0.2, 0.25) is 5.02 Å². The van der Waals surface area contributed by atoms with Gasteiger partial charge in [0.05, 0.1) is 19.8 Å². The summed E-state index contributed by atoms with van der Waals surface area (Å²) in [6, 6.07) is 4.95. The van der Waals surface area contributed by atoms with Crippen LogP contribution in [0.25, 0.3) is 5.57 Å². The monoisotopic (exact) mass is 226 g/mol. The lowest BCUT2D eigenvalue weighted by Gasteiger charge is -2.06. The van der Waals surface area contributed by atoms with Gasteiger partial charge < -0.3 is 9.47 Å². The third-order valence-electron chi connectivity index (χ3n) is 1.89. The lowest BCUT2D eigenvalue weighted by Crippen LogP contribution is -2.02.